The molecule has 4 nitrogen and oxygen atoms in total. The van der Waals surface area contributed by atoms with Crippen LogP contribution in [0.1, 0.15) is 57.2 Å². The molecule has 0 bridgehead atoms. The summed E-state index contributed by atoms with van der Waals surface area (Å²) in [5, 5.41) is 3.40. The lowest BCUT2D eigenvalue weighted by Gasteiger charge is -2.23. The number of aryl methyl sites for hydroxylation is 2. The van der Waals surface area contributed by atoms with Crippen LogP contribution in [0.4, 0.5) is 0 Å². The summed E-state index contributed by atoms with van der Waals surface area (Å²) in [4.78, 5) is 6.91. The van der Waals surface area contributed by atoms with Crippen molar-refractivity contribution >= 4 is 5.84 Å². The number of ether oxygens (including phenoxy) is 1. The van der Waals surface area contributed by atoms with Crippen molar-refractivity contribution < 1.29 is 4.74 Å². The number of benzene rings is 1. The highest BCUT2D eigenvalue weighted by Gasteiger charge is 2.19. The monoisotopic (exact) mass is 345 g/mol. The van der Waals surface area contributed by atoms with Gasteiger partial charge in [-0.25, -0.2) is 0 Å². The second-order valence-electron chi connectivity index (χ2n) is 6.90. The molecule has 0 amide bonds. The average Bonchev–Trinajstić information content (AvgIpc) is 3.17. The number of nitrogens with zero attached hydrogens (tertiary/aromatic N) is 2. The Bertz CT molecular complexity index is 581. The van der Waals surface area contributed by atoms with Gasteiger partial charge >= 0.3 is 0 Å². The van der Waals surface area contributed by atoms with E-state index in [0.29, 0.717) is 12.6 Å². The third-order valence-corrected chi connectivity index (χ3v) is 4.96. The van der Waals surface area contributed by atoms with Crippen molar-refractivity contribution in [3.63, 3.8) is 0 Å². The number of rotatable bonds is 6. The van der Waals surface area contributed by atoms with Gasteiger partial charge in [-0.3, -0.25) is 4.99 Å². The molecule has 1 aliphatic carbocycles. The molecule has 1 aliphatic heterocycles. The predicted octanol–water partition coefficient (Wildman–Crippen LogP) is 3.66. The van der Waals surface area contributed by atoms with Gasteiger partial charge in [0.15, 0.2) is 0 Å². The van der Waals surface area contributed by atoms with E-state index in [9.17, 15) is 0 Å². The van der Waals surface area contributed by atoms with Crippen LogP contribution in [0.2, 0.25) is 0 Å². The Morgan fingerprint density at radius 2 is 1.84 bits per heavy atom. The van der Waals surface area contributed by atoms with Crippen LogP contribution in [0.5, 0.6) is 5.75 Å². The molecular formula is C21H35N3O. The van der Waals surface area contributed by atoms with Gasteiger partial charge in [0.2, 0.25) is 0 Å². The van der Waals surface area contributed by atoms with E-state index in [0.717, 1.165) is 36.8 Å². The Morgan fingerprint density at radius 1 is 1.16 bits per heavy atom. The topological polar surface area (TPSA) is 36.9 Å². The van der Waals surface area contributed by atoms with Gasteiger partial charge in [-0.2, -0.15) is 0 Å². The van der Waals surface area contributed by atoms with Gasteiger partial charge < -0.3 is 15.0 Å². The molecule has 4 heteroatoms. The molecule has 1 aromatic carbocycles. The van der Waals surface area contributed by atoms with Crippen LogP contribution in [-0.4, -0.2) is 50.1 Å². The first-order valence-corrected chi connectivity index (χ1v) is 9.92. The van der Waals surface area contributed by atoms with E-state index in [1.54, 1.807) is 0 Å². The zero-order valence-corrected chi connectivity index (χ0v) is 16.7. The third-order valence-electron chi connectivity index (χ3n) is 4.96. The van der Waals surface area contributed by atoms with Crippen molar-refractivity contribution in [2.45, 2.75) is 59.4 Å². The number of hydrogen-bond donors (Lipinski definition) is 1. The molecule has 0 radical (unpaired) electrons. The summed E-state index contributed by atoms with van der Waals surface area (Å²) in [5.74, 6) is 2.00. The molecule has 0 unspecified atom stereocenters. The largest absolute Gasteiger partial charge is 0.491 e. The van der Waals surface area contributed by atoms with Crippen molar-refractivity contribution in [3.8, 4) is 5.75 Å². The summed E-state index contributed by atoms with van der Waals surface area (Å²) in [6, 6.07) is 5.12. The minimum atomic E-state index is 0.544. The highest BCUT2D eigenvalue weighted by molar-refractivity contribution is 6.02. The second kappa shape index (κ2) is 9.81. The Balaban J connectivity index is 0.00000109. The smallest absolute Gasteiger partial charge is 0.132 e. The first-order chi connectivity index (χ1) is 12.1. The number of hydrogen-bond acceptors (Lipinski definition) is 4. The molecule has 140 valence electrons. The maximum absolute atomic E-state index is 6.17. The van der Waals surface area contributed by atoms with Gasteiger partial charge in [0, 0.05) is 19.1 Å². The van der Waals surface area contributed by atoms with Crippen LogP contribution in [0.3, 0.4) is 0 Å². The van der Waals surface area contributed by atoms with Crippen LogP contribution in [-0.2, 0) is 12.8 Å². The standard InChI is InChI=1S/C19H29N3O.C2H6/c1-14(2)22(3)10-11-23-18-13-16-7-5-4-6-15(16)12-17(18)19-20-8-9-21-19;1-2/h12-14H,4-11H2,1-3H3,(H,20,21);1-2H3. The van der Waals surface area contributed by atoms with E-state index >= 15 is 0 Å². The third kappa shape index (κ3) is 5.21. The van der Waals surface area contributed by atoms with Crippen LogP contribution < -0.4 is 10.1 Å². The fourth-order valence-corrected chi connectivity index (χ4v) is 3.20. The van der Waals surface area contributed by atoms with Crippen molar-refractivity contribution in [2.24, 2.45) is 4.99 Å². The molecule has 3 rings (SSSR count). The zero-order valence-electron chi connectivity index (χ0n) is 16.7. The summed E-state index contributed by atoms with van der Waals surface area (Å²) in [7, 11) is 2.14. The second-order valence-corrected chi connectivity index (χ2v) is 6.90. The number of amidine groups is 1. The summed E-state index contributed by atoms with van der Waals surface area (Å²) in [5.41, 5.74) is 4.09. The van der Waals surface area contributed by atoms with Gasteiger partial charge in [0.1, 0.15) is 18.2 Å². The van der Waals surface area contributed by atoms with E-state index in [1.807, 2.05) is 13.8 Å². The van der Waals surface area contributed by atoms with Crippen molar-refractivity contribution in [3.05, 3.63) is 28.8 Å². The Kier molecular flexibility index (Phi) is 7.76. The molecule has 0 spiro atoms. The van der Waals surface area contributed by atoms with Gasteiger partial charge in [-0.1, -0.05) is 13.8 Å². The summed E-state index contributed by atoms with van der Waals surface area (Å²) >= 11 is 0. The molecule has 25 heavy (non-hydrogen) atoms. The van der Waals surface area contributed by atoms with Crippen LogP contribution in [0.15, 0.2) is 17.1 Å². The van der Waals surface area contributed by atoms with E-state index < -0.39 is 0 Å². The SMILES string of the molecule is CC.CC(C)N(C)CCOc1cc2c(cc1C1=NCCN1)CCCC2. The highest BCUT2D eigenvalue weighted by Crippen LogP contribution is 2.30. The maximum atomic E-state index is 6.17. The predicted molar refractivity (Wildman–Crippen MR) is 107 cm³/mol. The molecule has 1 aromatic rings. The molecule has 0 saturated heterocycles. The van der Waals surface area contributed by atoms with Gasteiger partial charge in [0.25, 0.3) is 0 Å². The molecule has 0 atom stereocenters. The molecule has 2 aliphatic rings. The number of fused-ring (bicyclic) bond motifs is 1. The Morgan fingerprint density at radius 3 is 2.44 bits per heavy atom. The molecule has 0 fully saturated rings. The quantitative estimate of drug-likeness (QED) is 0.855. The maximum Gasteiger partial charge on any atom is 0.132 e. The molecule has 1 heterocycles. The molecule has 0 saturated carbocycles. The van der Waals surface area contributed by atoms with E-state index in [1.165, 1.54) is 36.8 Å². The summed E-state index contributed by atoms with van der Waals surface area (Å²) < 4.78 is 6.17. The lowest BCUT2D eigenvalue weighted by molar-refractivity contribution is 0.208. The minimum Gasteiger partial charge on any atom is -0.491 e. The van der Waals surface area contributed by atoms with Crippen molar-refractivity contribution in [2.75, 3.05) is 33.3 Å². The highest BCUT2D eigenvalue weighted by atomic mass is 16.5. The number of nitrogens with one attached hydrogen (secondary N) is 1. The fraction of sp³-hybridized carbons (Fsp3) is 0.667. The molecular weight excluding hydrogens is 310 g/mol. The van der Waals surface area contributed by atoms with Gasteiger partial charge in [-0.15, -0.1) is 0 Å². The lowest BCUT2D eigenvalue weighted by Crippen LogP contribution is -2.31. The van der Waals surface area contributed by atoms with Gasteiger partial charge in [0.05, 0.1) is 12.1 Å². The normalized spacial score (nSPS) is 16.0. The Hall–Kier alpha value is -1.55. The van der Waals surface area contributed by atoms with E-state index in [2.05, 4.69) is 48.2 Å². The number of likely N-dealkylation sites (N-methyl/N-ethyl adjacent to an activating group) is 1. The molecule has 0 aromatic heterocycles. The Labute approximate surface area is 153 Å². The number of aliphatic imine (C=N–C) groups is 1. The van der Waals surface area contributed by atoms with Crippen LogP contribution in [0, 0.1) is 0 Å². The zero-order chi connectivity index (χ0) is 18.2. The lowest BCUT2D eigenvalue weighted by atomic mass is 9.89. The summed E-state index contributed by atoms with van der Waals surface area (Å²) in [6.07, 6.45) is 4.95. The average molecular weight is 346 g/mol. The van der Waals surface area contributed by atoms with Crippen molar-refractivity contribution in [1.82, 2.24) is 10.2 Å². The van der Waals surface area contributed by atoms with E-state index in [-0.39, 0.29) is 0 Å². The van der Waals surface area contributed by atoms with Gasteiger partial charge in [-0.05, 0) is 69.8 Å². The first-order valence-electron chi connectivity index (χ1n) is 9.92. The van der Waals surface area contributed by atoms with Crippen LogP contribution in [0.25, 0.3) is 0 Å². The molecule has 1 N–H and O–H groups in total. The first kappa shape index (κ1) is 19.8. The summed E-state index contributed by atoms with van der Waals surface area (Å²) in [6.45, 7) is 11.9. The van der Waals surface area contributed by atoms with Crippen molar-refractivity contribution in [1.29, 1.82) is 0 Å². The van der Waals surface area contributed by atoms with Crippen LogP contribution >= 0.6 is 0 Å². The minimum absolute atomic E-state index is 0.544. The van der Waals surface area contributed by atoms with E-state index in [4.69, 9.17) is 4.74 Å². The fourth-order valence-electron chi connectivity index (χ4n) is 3.20.